The molecule has 0 aliphatic carbocycles. The van der Waals surface area contributed by atoms with E-state index < -0.39 is 0 Å². The fourth-order valence-electron chi connectivity index (χ4n) is 2.30. The van der Waals surface area contributed by atoms with Crippen molar-refractivity contribution < 1.29 is 4.79 Å². The number of hydrogen-bond donors (Lipinski definition) is 1. The molecular weight excluding hydrogens is 401 g/mol. The van der Waals surface area contributed by atoms with Crippen molar-refractivity contribution in [1.29, 1.82) is 0 Å². The first kappa shape index (κ1) is 15.6. The van der Waals surface area contributed by atoms with E-state index in [0.29, 0.717) is 17.8 Å². The molecule has 114 valence electrons. The van der Waals surface area contributed by atoms with Gasteiger partial charge in [-0.05, 0) is 47.2 Å². The van der Waals surface area contributed by atoms with Gasteiger partial charge in [0, 0.05) is 21.3 Å². The van der Waals surface area contributed by atoms with Gasteiger partial charge in [0.25, 0.3) is 5.91 Å². The number of carbonyl (C=O) groups is 1. The second kappa shape index (κ2) is 7.35. The van der Waals surface area contributed by atoms with Crippen LogP contribution in [0.4, 0.5) is 11.4 Å². The smallest absolute Gasteiger partial charge is 0.251 e. The summed E-state index contributed by atoms with van der Waals surface area (Å²) in [5, 5.41) is 2.85. The molecule has 0 aromatic heterocycles. The zero-order chi connectivity index (χ0) is 16.1. The third kappa shape index (κ3) is 3.75. The number of halogens is 1. The molecule has 4 nitrogen and oxygen atoms in total. The van der Waals surface area contributed by atoms with E-state index in [-0.39, 0.29) is 5.91 Å². The van der Waals surface area contributed by atoms with Gasteiger partial charge < -0.3 is 5.32 Å². The number of hydrogen-bond acceptors (Lipinski definition) is 3. The summed E-state index contributed by atoms with van der Waals surface area (Å²) >= 11 is 2.22. The number of rotatable bonds is 3. The maximum absolute atomic E-state index is 12.0. The Morgan fingerprint density at radius 2 is 1.70 bits per heavy atom. The van der Waals surface area contributed by atoms with Crippen molar-refractivity contribution in [3.8, 4) is 0 Å². The fourth-order valence-corrected chi connectivity index (χ4v) is 2.80. The van der Waals surface area contributed by atoms with Crippen LogP contribution in [0.5, 0.6) is 0 Å². The Morgan fingerprint density at radius 1 is 1.00 bits per heavy atom. The van der Waals surface area contributed by atoms with Crippen molar-refractivity contribution in [3.63, 3.8) is 0 Å². The molecule has 0 spiro atoms. The van der Waals surface area contributed by atoms with Crippen molar-refractivity contribution in [1.82, 2.24) is 5.32 Å². The van der Waals surface area contributed by atoms with Crippen molar-refractivity contribution in [2.75, 3.05) is 6.54 Å². The predicted molar refractivity (Wildman–Crippen MR) is 100 cm³/mol. The van der Waals surface area contributed by atoms with Gasteiger partial charge in [0.15, 0.2) is 0 Å². The second-order valence-corrected chi connectivity index (χ2v) is 6.12. The van der Waals surface area contributed by atoms with Gasteiger partial charge in [-0.1, -0.05) is 36.4 Å². The largest absolute Gasteiger partial charge is 0.352 e. The molecule has 0 bridgehead atoms. The van der Waals surface area contributed by atoms with E-state index in [4.69, 9.17) is 0 Å². The molecule has 1 aliphatic rings. The summed E-state index contributed by atoms with van der Waals surface area (Å²) in [5.41, 5.74) is 2.97. The van der Waals surface area contributed by atoms with E-state index in [1.165, 1.54) is 0 Å². The van der Waals surface area contributed by atoms with Crippen LogP contribution >= 0.6 is 22.6 Å². The lowest BCUT2D eigenvalue weighted by Gasteiger charge is -2.14. The van der Waals surface area contributed by atoms with Crippen LogP contribution in [0.25, 0.3) is 5.57 Å². The summed E-state index contributed by atoms with van der Waals surface area (Å²) in [4.78, 5) is 20.6. The zero-order valence-electron chi connectivity index (χ0n) is 12.3. The van der Waals surface area contributed by atoms with E-state index in [0.717, 1.165) is 21.2 Å². The van der Waals surface area contributed by atoms with Crippen LogP contribution in [0.15, 0.2) is 64.6 Å². The van der Waals surface area contributed by atoms with Gasteiger partial charge in [0.05, 0.1) is 11.4 Å². The molecule has 5 heteroatoms. The Balaban J connectivity index is 1.95. The molecule has 2 aromatic carbocycles. The summed E-state index contributed by atoms with van der Waals surface area (Å²) in [6, 6.07) is 18.0. The Bertz CT molecular complexity index is 836. The lowest BCUT2D eigenvalue weighted by molar-refractivity contribution is -0.115. The minimum atomic E-state index is -0.0616. The molecule has 3 rings (SSSR count). The highest BCUT2D eigenvalue weighted by Gasteiger charge is 2.17. The highest BCUT2D eigenvalue weighted by Crippen LogP contribution is 2.28. The number of aliphatic imine (C=N–C) groups is 2. The maximum Gasteiger partial charge on any atom is 0.251 e. The van der Waals surface area contributed by atoms with Crippen molar-refractivity contribution in [3.05, 3.63) is 63.7 Å². The minimum Gasteiger partial charge on any atom is -0.352 e. The summed E-state index contributed by atoms with van der Waals surface area (Å²) in [6.07, 6.45) is 2.78. The Labute approximate surface area is 148 Å². The molecule has 2 aromatic rings. The van der Waals surface area contributed by atoms with Crippen molar-refractivity contribution >= 4 is 51.5 Å². The number of nitrogens with one attached hydrogen (secondary N) is 1. The van der Waals surface area contributed by atoms with Crippen LogP contribution in [-0.2, 0) is 4.79 Å². The molecule has 0 unspecified atom stereocenters. The van der Waals surface area contributed by atoms with Gasteiger partial charge in [0.2, 0.25) is 0 Å². The van der Waals surface area contributed by atoms with Gasteiger partial charge in [-0.2, -0.15) is 9.98 Å². The van der Waals surface area contributed by atoms with Crippen LogP contribution < -0.4 is 5.32 Å². The number of para-hydroxylation sites is 2. The topological polar surface area (TPSA) is 53.8 Å². The fraction of sp³-hybridized carbons (Fsp3) is 0.111. The average molecular weight is 415 g/mol. The van der Waals surface area contributed by atoms with Crippen LogP contribution in [-0.4, -0.2) is 18.5 Å². The molecular formula is C18H14IN3O. The summed E-state index contributed by atoms with van der Waals surface area (Å²) in [6.45, 7) is 0.682. The van der Waals surface area contributed by atoms with Crippen LogP contribution in [0.2, 0.25) is 0 Å². The summed E-state index contributed by atoms with van der Waals surface area (Å²) in [5.74, 6) is -0.0616. The number of benzene rings is 2. The Hall–Kier alpha value is -2.24. The van der Waals surface area contributed by atoms with Gasteiger partial charge >= 0.3 is 0 Å². The molecule has 1 N–H and O–H groups in total. The normalized spacial score (nSPS) is 13.6. The Morgan fingerprint density at radius 3 is 2.48 bits per heavy atom. The predicted octanol–water partition coefficient (Wildman–Crippen LogP) is 4.33. The first-order valence-electron chi connectivity index (χ1n) is 7.24. The third-order valence-electron chi connectivity index (χ3n) is 3.41. The molecule has 0 atom stereocenters. The molecule has 1 amide bonds. The van der Waals surface area contributed by atoms with Gasteiger partial charge in [-0.3, -0.25) is 4.79 Å². The van der Waals surface area contributed by atoms with Gasteiger partial charge in [-0.15, -0.1) is 0 Å². The molecule has 0 fully saturated rings. The van der Waals surface area contributed by atoms with Crippen LogP contribution in [0.3, 0.4) is 0 Å². The summed E-state index contributed by atoms with van der Waals surface area (Å²) < 4.78 is 1.04. The molecule has 1 aliphatic heterocycles. The molecule has 0 radical (unpaired) electrons. The van der Waals surface area contributed by atoms with E-state index in [9.17, 15) is 4.79 Å². The second-order valence-electron chi connectivity index (χ2n) is 4.95. The van der Waals surface area contributed by atoms with E-state index in [1.807, 2.05) is 54.6 Å². The highest BCUT2D eigenvalue weighted by molar-refractivity contribution is 14.1. The molecule has 23 heavy (non-hydrogen) atoms. The summed E-state index contributed by atoms with van der Waals surface area (Å²) in [7, 11) is 0. The zero-order valence-corrected chi connectivity index (χ0v) is 14.4. The monoisotopic (exact) mass is 415 g/mol. The quantitative estimate of drug-likeness (QED) is 0.589. The SMILES string of the molecule is O=C1NCCC=C1c1ccccc1N=C=Nc1ccccc1I. The van der Waals surface area contributed by atoms with E-state index in [1.54, 1.807) is 0 Å². The molecule has 1 heterocycles. The number of nitrogens with zero attached hydrogens (tertiary/aromatic N) is 2. The molecule has 0 saturated heterocycles. The third-order valence-corrected chi connectivity index (χ3v) is 4.32. The average Bonchev–Trinajstić information content (AvgIpc) is 2.58. The maximum atomic E-state index is 12.0. The lowest BCUT2D eigenvalue weighted by Crippen LogP contribution is -2.28. The van der Waals surface area contributed by atoms with Crippen molar-refractivity contribution in [2.45, 2.75) is 6.42 Å². The van der Waals surface area contributed by atoms with Gasteiger partial charge in [-0.25, -0.2) is 0 Å². The van der Waals surface area contributed by atoms with Crippen molar-refractivity contribution in [2.24, 2.45) is 9.98 Å². The molecule has 0 saturated carbocycles. The first-order valence-corrected chi connectivity index (χ1v) is 8.32. The lowest BCUT2D eigenvalue weighted by atomic mass is 10.00. The highest BCUT2D eigenvalue weighted by atomic mass is 127. The first-order chi connectivity index (χ1) is 11.3. The van der Waals surface area contributed by atoms with Crippen LogP contribution in [0.1, 0.15) is 12.0 Å². The van der Waals surface area contributed by atoms with Crippen LogP contribution in [0, 0.1) is 3.57 Å². The number of amides is 1. The number of carbonyl (C=O) groups excluding carboxylic acids is 1. The minimum absolute atomic E-state index is 0.0616. The standard InChI is InChI=1S/C18H14IN3O/c19-15-8-2-4-10-17(15)22-12-21-16-9-3-1-6-13(16)14-7-5-11-20-18(14)23/h1-4,6-10H,5,11H2,(H,20,23). The van der Waals surface area contributed by atoms with Gasteiger partial charge in [0.1, 0.15) is 6.01 Å². The Kier molecular flexibility index (Phi) is 5.00. The van der Waals surface area contributed by atoms with E-state index >= 15 is 0 Å². The van der Waals surface area contributed by atoms with E-state index in [2.05, 4.69) is 43.9 Å².